The van der Waals surface area contributed by atoms with E-state index in [4.69, 9.17) is 10.7 Å². The molecule has 0 atom stereocenters. The number of nitrogens with zero attached hydrogens (tertiary/aromatic N) is 2. The third-order valence-corrected chi connectivity index (χ3v) is 6.68. The smallest absolute Gasteiger partial charge is 0.252 e. The van der Waals surface area contributed by atoms with E-state index in [1.54, 1.807) is 24.5 Å². The van der Waals surface area contributed by atoms with Crippen molar-refractivity contribution in [2.45, 2.75) is 39.0 Å². The second-order valence-corrected chi connectivity index (χ2v) is 9.19. The Kier molecular flexibility index (Phi) is 6.12. The number of amides is 1. The number of nitrogen functional groups attached to an aromatic ring is 1. The van der Waals surface area contributed by atoms with Gasteiger partial charge in [0.25, 0.3) is 5.91 Å². The lowest BCUT2D eigenvalue weighted by Crippen LogP contribution is -2.26. The Labute approximate surface area is 204 Å². The molecule has 35 heavy (non-hydrogen) atoms. The van der Waals surface area contributed by atoms with Gasteiger partial charge in [-0.15, -0.1) is 0 Å². The van der Waals surface area contributed by atoms with E-state index < -0.39 is 5.82 Å². The van der Waals surface area contributed by atoms with Crippen LogP contribution in [-0.4, -0.2) is 21.8 Å². The van der Waals surface area contributed by atoms with Crippen molar-refractivity contribution in [2.24, 2.45) is 0 Å². The van der Waals surface area contributed by atoms with Crippen LogP contribution in [0.3, 0.4) is 0 Å². The lowest BCUT2D eigenvalue weighted by Gasteiger charge is -2.11. The predicted octanol–water partition coefficient (Wildman–Crippen LogP) is 6.00. The number of nitrogens with one attached hydrogen (secondary N) is 1. The van der Waals surface area contributed by atoms with Crippen molar-refractivity contribution in [3.05, 3.63) is 95.1 Å². The number of hydrogen-bond donors (Lipinski definition) is 2. The summed E-state index contributed by atoms with van der Waals surface area (Å²) in [4.78, 5) is 17.8. The number of anilines is 1. The quantitative estimate of drug-likeness (QED) is 0.327. The maximum absolute atomic E-state index is 14.5. The second kappa shape index (κ2) is 9.37. The highest BCUT2D eigenvalue weighted by Crippen LogP contribution is 2.42. The molecule has 1 aliphatic carbocycles. The highest BCUT2D eigenvalue weighted by Gasteiger charge is 2.28. The number of benzene rings is 2. The molecule has 0 spiro atoms. The standard InChI is InChI=1S/C29H29FN4O/c1-3-18(2)23-7-5-4-6-19(23)12-13-32-29(35)21-14-25(20-8-9-20)28-33-27(17-34(28)16-21)24-11-10-22(31)15-26(24)30/h3-7,10-11,14-17,20H,8-9,12-13,31H2,1-2H3,(H,32,35)/b18-3-. The predicted molar refractivity (Wildman–Crippen MR) is 139 cm³/mol. The minimum Gasteiger partial charge on any atom is -0.399 e. The van der Waals surface area contributed by atoms with E-state index in [0.29, 0.717) is 35.0 Å². The summed E-state index contributed by atoms with van der Waals surface area (Å²) in [5.41, 5.74) is 13.0. The Bertz CT molecular complexity index is 1450. The average molecular weight is 469 g/mol. The number of carbonyl (C=O) groups is 1. The molecule has 3 N–H and O–H groups in total. The Balaban J connectivity index is 1.39. The molecule has 1 aliphatic rings. The van der Waals surface area contributed by atoms with E-state index in [-0.39, 0.29) is 5.91 Å². The fourth-order valence-corrected chi connectivity index (χ4v) is 4.50. The summed E-state index contributed by atoms with van der Waals surface area (Å²) in [6, 6.07) is 14.8. The van der Waals surface area contributed by atoms with Crippen LogP contribution >= 0.6 is 0 Å². The summed E-state index contributed by atoms with van der Waals surface area (Å²) < 4.78 is 16.4. The Morgan fingerprint density at radius 2 is 2.00 bits per heavy atom. The van der Waals surface area contributed by atoms with Gasteiger partial charge in [-0.2, -0.15) is 0 Å². The summed E-state index contributed by atoms with van der Waals surface area (Å²) >= 11 is 0. The van der Waals surface area contributed by atoms with Gasteiger partial charge in [0.1, 0.15) is 11.5 Å². The molecule has 6 heteroatoms. The maximum atomic E-state index is 14.5. The molecule has 0 radical (unpaired) electrons. The lowest BCUT2D eigenvalue weighted by atomic mass is 9.98. The molecule has 178 valence electrons. The van der Waals surface area contributed by atoms with Gasteiger partial charge in [0.2, 0.25) is 0 Å². The number of aromatic nitrogens is 2. The van der Waals surface area contributed by atoms with Gasteiger partial charge >= 0.3 is 0 Å². The first-order chi connectivity index (χ1) is 16.9. The number of rotatable bonds is 7. The molecule has 0 aliphatic heterocycles. The van der Waals surface area contributed by atoms with Crippen molar-refractivity contribution >= 4 is 22.8 Å². The summed E-state index contributed by atoms with van der Waals surface area (Å²) in [5.74, 6) is -0.150. The molecular weight excluding hydrogens is 439 g/mol. The number of carbonyl (C=O) groups excluding carboxylic acids is 1. The van der Waals surface area contributed by atoms with Crippen molar-refractivity contribution in [1.29, 1.82) is 0 Å². The van der Waals surface area contributed by atoms with Crippen LogP contribution in [0.1, 0.15) is 59.7 Å². The molecule has 0 saturated heterocycles. The normalized spacial score (nSPS) is 13.9. The van der Waals surface area contributed by atoms with E-state index in [1.165, 1.54) is 22.8 Å². The van der Waals surface area contributed by atoms with Crippen molar-refractivity contribution in [3.63, 3.8) is 0 Å². The van der Waals surface area contributed by atoms with Gasteiger partial charge in [-0.1, -0.05) is 30.3 Å². The molecule has 1 saturated carbocycles. The number of halogens is 1. The molecule has 4 aromatic rings. The van der Waals surface area contributed by atoms with Crippen molar-refractivity contribution in [2.75, 3.05) is 12.3 Å². The molecule has 2 aromatic carbocycles. The number of hydrogen-bond acceptors (Lipinski definition) is 3. The van der Waals surface area contributed by atoms with Gasteiger partial charge in [-0.3, -0.25) is 4.79 Å². The fourth-order valence-electron chi connectivity index (χ4n) is 4.50. The van der Waals surface area contributed by atoms with Gasteiger partial charge in [-0.05, 0) is 85.6 Å². The van der Waals surface area contributed by atoms with Crippen LogP contribution in [0, 0.1) is 5.82 Å². The Morgan fingerprint density at radius 3 is 2.74 bits per heavy atom. The Morgan fingerprint density at radius 1 is 1.20 bits per heavy atom. The molecular formula is C29H29FN4O. The van der Waals surface area contributed by atoms with Crippen LogP contribution in [0.2, 0.25) is 0 Å². The van der Waals surface area contributed by atoms with Gasteiger partial charge in [0, 0.05) is 30.2 Å². The Hall–Kier alpha value is -3.93. The minimum absolute atomic E-state index is 0.122. The minimum atomic E-state index is -0.409. The number of pyridine rings is 1. The van der Waals surface area contributed by atoms with E-state index in [2.05, 4.69) is 30.4 Å². The third-order valence-electron chi connectivity index (χ3n) is 6.68. The topological polar surface area (TPSA) is 72.4 Å². The number of imidazole rings is 1. The van der Waals surface area contributed by atoms with Crippen molar-refractivity contribution in [1.82, 2.24) is 14.7 Å². The molecule has 1 amide bonds. The summed E-state index contributed by atoms with van der Waals surface area (Å²) in [7, 11) is 0. The molecule has 0 unspecified atom stereocenters. The van der Waals surface area contributed by atoms with Crippen LogP contribution in [0.5, 0.6) is 0 Å². The first kappa shape index (κ1) is 22.8. The molecule has 1 fully saturated rings. The first-order valence-corrected chi connectivity index (χ1v) is 12.0. The van der Waals surface area contributed by atoms with Crippen LogP contribution < -0.4 is 11.1 Å². The second-order valence-electron chi connectivity index (χ2n) is 9.19. The highest BCUT2D eigenvalue weighted by atomic mass is 19.1. The third kappa shape index (κ3) is 4.69. The summed E-state index contributed by atoms with van der Waals surface area (Å²) in [6.45, 7) is 4.67. The van der Waals surface area contributed by atoms with Crippen molar-refractivity contribution < 1.29 is 9.18 Å². The molecule has 2 heterocycles. The largest absolute Gasteiger partial charge is 0.399 e. The zero-order chi connectivity index (χ0) is 24.5. The molecule has 0 bridgehead atoms. The molecule has 5 nitrogen and oxygen atoms in total. The van der Waals surface area contributed by atoms with E-state index in [1.807, 2.05) is 29.5 Å². The van der Waals surface area contributed by atoms with E-state index in [9.17, 15) is 9.18 Å². The number of nitrogens with two attached hydrogens (primary N) is 1. The number of allylic oxidation sites excluding steroid dienone is 2. The summed E-state index contributed by atoms with van der Waals surface area (Å²) in [6.07, 6.45) is 8.54. The fraction of sp³-hybridized carbons (Fsp3) is 0.241. The van der Waals surface area contributed by atoms with Gasteiger partial charge < -0.3 is 15.5 Å². The van der Waals surface area contributed by atoms with E-state index >= 15 is 0 Å². The zero-order valence-corrected chi connectivity index (χ0v) is 20.0. The monoisotopic (exact) mass is 468 g/mol. The van der Waals surface area contributed by atoms with Gasteiger partial charge in [0.05, 0.1) is 11.3 Å². The zero-order valence-electron chi connectivity index (χ0n) is 20.0. The lowest BCUT2D eigenvalue weighted by molar-refractivity contribution is 0.0953. The first-order valence-electron chi connectivity index (χ1n) is 12.0. The van der Waals surface area contributed by atoms with Crippen molar-refractivity contribution in [3.8, 4) is 11.3 Å². The SMILES string of the molecule is C/C=C(/C)c1ccccc1CCNC(=O)c1cc(C2CC2)c2nc(-c3ccc(N)cc3F)cn2c1. The molecule has 5 rings (SSSR count). The van der Waals surface area contributed by atoms with Crippen LogP contribution in [0.25, 0.3) is 22.5 Å². The summed E-state index contributed by atoms with van der Waals surface area (Å²) in [5, 5.41) is 3.07. The van der Waals surface area contributed by atoms with Gasteiger partial charge in [-0.25, -0.2) is 9.37 Å². The maximum Gasteiger partial charge on any atom is 0.252 e. The van der Waals surface area contributed by atoms with Crippen LogP contribution in [0.15, 0.2) is 67.0 Å². The number of fused-ring (bicyclic) bond motifs is 1. The van der Waals surface area contributed by atoms with Gasteiger partial charge in [0.15, 0.2) is 0 Å². The van der Waals surface area contributed by atoms with Crippen LogP contribution in [-0.2, 0) is 6.42 Å². The van der Waals surface area contributed by atoms with Crippen LogP contribution in [0.4, 0.5) is 10.1 Å². The molecule has 2 aromatic heterocycles. The highest BCUT2D eigenvalue weighted by molar-refractivity contribution is 5.94. The average Bonchev–Trinajstić information content (AvgIpc) is 3.61. The van der Waals surface area contributed by atoms with E-state index in [0.717, 1.165) is 30.5 Å².